The van der Waals surface area contributed by atoms with E-state index in [1.165, 1.54) is 29.9 Å². The zero-order chi connectivity index (χ0) is 23.5. The fourth-order valence-electron chi connectivity index (χ4n) is 2.87. The molecule has 0 saturated carbocycles. The molecule has 0 fully saturated rings. The summed E-state index contributed by atoms with van der Waals surface area (Å²) in [4.78, 5) is 40.5. The topological polar surface area (TPSA) is 87.0 Å². The minimum Gasteiger partial charge on any atom is -0.465 e. The molecule has 0 spiro atoms. The average molecular weight is 466 g/mol. The second-order valence-electron chi connectivity index (χ2n) is 6.45. The van der Waals surface area contributed by atoms with Crippen molar-refractivity contribution in [3.8, 4) is 0 Å². The number of nitrogens with zero attached hydrogens (tertiary/aromatic N) is 2. The van der Waals surface area contributed by atoms with E-state index in [0.717, 1.165) is 23.5 Å². The van der Waals surface area contributed by atoms with Crippen molar-refractivity contribution in [1.82, 2.24) is 4.57 Å². The Morgan fingerprint density at radius 3 is 2.50 bits per heavy atom. The number of thiazole rings is 1. The molecule has 1 amide bonds. The Morgan fingerprint density at radius 1 is 1.09 bits per heavy atom. The molecule has 1 heterocycles. The molecule has 3 rings (SSSR count). The number of alkyl halides is 3. The van der Waals surface area contributed by atoms with Crippen molar-refractivity contribution in [1.29, 1.82) is 0 Å². The molecule has 2 aromatic carbocycles. The van der Waals surface area contributed by atoms with E-state index in [9.17, 15) is 27.6 Å². The van der Waals surface area contributed by atoms with Crippen LogP contribution in [-0.2, 0) is 27.0 Å². The van der Waals surface area contributed by atoms with Gasteiger partial charge < -0.3 is 14.0 Å². The van der Waals surface area contributed by atoms with Crippen molar-refractivity contribution in [3.05, 3.63) is 64.0 Å². The number of rotatable bonds is 5. The molecule has 0 aliphatic heterocycles. The molecular formula is C21H17F3N2O5S. The lowest BCUT2D eigenvalue weighted by molar-refractivity contribution is -0.143. The van der Waals surface area contributed by atoms with Crippen LogP contribution in [-0.4, -0.2) is 36.1 Å². The molecule has 168 valence electrons. The third-order valence-electron chi connectivity index (χ3n) is 4.33. The molecule has 3 aromatic rings. The fourth-order valence-corrected chi connectivity index (χ4v) is 3.94. The van der Waals surface area contributed by atoms with Crippen LogP contribution >= 0.6 is 11.3 Å². The van der Waals surface area contributed by atoms with E-state index in [4.69, 9.17) is 9.47 Å². The lowest BCUT2D eigenvalue weighted by atomic mass is 10.1. The number of carbonyl (C=O) groups is 3. The van der Waals surface area contributed by atoms with Crippen LogP contribution in [0.1, 0.15) is 33.2 Å². The van der Waals surface area contributed by atoms with Crippen molar-refractivity contribution in [2.24, 2.45) is 4.99 Å². The van der Waals surface area contributed by atoms with Crippen LogP contribution in [0.5, 0.6) is 0 Å². The number of amides is 1. The van der Waals surface area contributed by atoms with Gasteiger partial charge in [0.1, 0.15) is 6.54 Å². The second-order valence-corrected chi connectivity index (χ2v) is 7.45. The smallest absolute Gasteiger partial charge is 0.416 e. The summed E-state index contributed by atoms with van der Waals surface area (Å²) in [6, 6.07) is 8.47. The summed E-state index contributed by atoms with van der Waals surface area (Å²) < 4.78 is 50.5. The van der Waals surface area contributed by atoms with Gasteiger partial charge in [0.25, 0.3) is 5.91 Å². The Hall–Kier alpha value is -3.47. The summed E-state index contributed by atoms with van der Waals surface area (Å²) in [5.41, 5.74) is -0.487. The summed E-state index contributed by atoms with van der Waals surface area (Å²) in [5.74, 6) is -2.07. The quantitative estimate of drug-likeness (QED) is 0.534. The average Bonchev–Trinajstić information content (AvgIpc) is 3.08. The molecule has 0 atom stereocenters. The third-order valence-corrected chi connectivity index (χ3v) is 5.37. The van der Waals surface area contributed by atoms with Crippen molar-refractivity contribution in [3.63, 3.8) is 0 Å². The summed E-state index contributed by atoms with van der Waals surface area (Å²) in [6.07, 6.45) is -4.61. The van der Waals surface area contributed by atoms with E-state index in [0.29, 0.717) is 16.3 Å². The van der Waals surface area contributed by atoms with Gasteiger partial charge in [0.05, 0.1) is 35.1 Å². The Balaban J connectivity index is 2.12. The second kappa shape index (κ2) is 9.35. The van der Waals surface area contributed by atoms with Crippen LogP contribution in [0.3, 0.4) is 0 Å². The van der Waals surface area contributed by atoms with Gasteiger partial charge in [-0.05, 0) is 43.3 Å². The molecule has 0 aliphatic rings. The van der Waals surface area contributed by atoms with Gasteiger partial charge in [-0.25, -0.2) is 4.79 Å². The number of hydrogen-bond donors (Lipinski definition) is 0. The van der Waals surface area contributed by atoms with E-state index in [1.54, 1.807) is 13.0 Å². The van der Waals surface area contributed by atoms with Gasteiger partial charge in [0, 0.05) is 5.56 Å². The number of aromatic nitrogens is 1. The van der Waals surface area contributed by atoms with Crippen molar-refractivity contribution < 1.29 is 37.0 Å². The molecule has 0 N–H and O–H groups in total. The third kappa shape index (κ3) is 5.05. The van der Waals surface area contributed by atoms with Crippen LogP contribution in [0.15, 0.2) is 47.5 Å². The minimum atomic E-state index is -4.61. The number of methoxy groups -OCH3 is 1. The first-order chi connectivity index (χ1) is 15.1. The lowest BCUT2D eigenvalue weighted by Gasteiger charge is -2.07. The van der Waals surface area contributed by atoms with E-state index in [-0.39, 0.29) is 29.1 Å². The summed E-state index contributed by atoms with van der Waals surface area (Å²) in [5, 5.41) is 0. The number of benzene rings is 2. The summed E-state index contributed by atoms with van der Waals surface area (Å²) in [7, 11) is 1.23. The van der Waals surface area contributed by atoms with Gasteiger partial charge in [-0.3, -0.25) is 9.59 Å². The molecule has 32 heavy (non-hydrogen) atoms. The zero-order valence-electron chi connectivity index (χ0n) is 16.9. The number of halogens is 3. The first-order valence-corrected chi connectivity index (χ1v) is 10.1. The molecule has 7 nitrogen and oxygen atoms in total. The summed E-state index contributed by atoms with van der Waals surface area (Å²) >= 11 is 0.996. The molecule has 1 aromatic heterocycles. The molecule has 0 unspecified atom stereocenters. The van der Waals surface area contributed by atoms with Crippen molar-refractivity contribution >= 4 is 39.4 Å². The highest BCUT2D eigenvalue weighted by molar-refractivity contribution is 7.16. The first-order valence-electron chi connectivity index (χ1n) is 9.27. The highest BCUT2D eigenvalue weighted by Crippen LogP contribution is 2.29. The normalized spacial score (nSPS) is 12.1. The highest BCUT2D eigenvalue weighted by atomic mass is 32.1. The van der Waals surface area contributed by atoms with Crippen LogP contribution in [0.2, 0.25) is 0 Å². The highest BCUT2D eigenvalue weighted by Gasteiger charge is 2.31. The van der Waals surface area contributed by atoms with Gasteiger partial charge in [-0.1, -0.05) is 17.4 Å². The van der Waals surface area contributed by atoms with Crippen LogP contribution in [0, 0.1) is 0 Å². The van der Waals surface area contributed by atoms with Crippen LogP contribution in [0.4, 0.5) is 13.2 Å². The maximum atomic E-state index is 13.0. The van der Waals surface area contributed by atoms with Crippen LogP contribution in [0.25, 0.3) is 10.2 Å². The first kappa shape index (κ1) is 23.2. The molecule has 0 radical (unpaired) electrons. The zero-order valence-corrected chi connectivity index (χ0v) is 17.7. The number of hydrogen-bond acceptors (Lipinski definition) is 6. The Labute approximate surface area is 183 Å². The van der Waals surface area contributed by atoms with E-state index in [1.807, 2.05) is 0 Å². The van der Waals surface area contributed by atoms with E-state index < -0.39 is 29.6 Å². The molecule has 0 bridgehead atoms. The lowest BCUT2D eigenvalue weighted by Crippen LogP contribution is -2.23. The standard InChI is InChI=1S/C21H17F3N2O5S/c1-3-31-17(27)11-26-15-8-7-13(19(29)30-2)10-16(15)32-20(26)25-18(28)12-5-4-6-14(9-12)21(22,23)24/h4-10H,3,11H2,1-2H3. The molecule has 0 saturated heterocycles. The van der Waals surface area contributed by atoms with E-state index in [2.05, 4.69) is 4.99 Å². The van der Waals surface area contributed by atoms with Gasteiger partial charge in [0.15, 0.2) is 4.80 Å². The largest absolute Gasteiger partial charge is 0.465 e. The SMILES string of the molecule is CCOC(=O)Cn1c(=NC(=O)c2cccc(C(F)(F)F)c2)sc2cc(C(=O)OC)ccc21. The molecule has 0 aliphatic carbocycles. The van der Waals surface area contributed by atoms with Gasteiger partial charge in [-0.2, -0.15) is 18.2 Å². The summed E-state index contributed by atoms with van der Waals surface area (Å²) in [6.45, 7) is 1.50. The minimum absolute atomic E-state index is 0.0671. The monoisotopic (exact) mass is 466 g/mol. The van der Waals surface area contributed by atoms with Gasteiger partial charge >= 0.3 is 18.1 Å². The Kier molecular flexibility index (Phi) is 6.78. The molecule has 11 heteroatoms. The Morgan fingerprint density at radius 2 is 1.84 bits per heavy atom. The predicted molar refractivity (Wildman–Crippen MR) is 109 cm³/mol. The van der Waals surface area contributed by atoms with Crippen molar-refractivity contribution in [2.45, 2.75) is 19.6 Å². The maximum absolute atomic E-state index is 13.0. The van der Waals surface area contributed by atoms with E-state index >= 15 is 0 Å². The maximum Gasteiger partial charge on any atom is 0.416 e. The number of fused-ring (bicyclic) bond motifs is 1. The number of carbonyl (C=O) groups excluding carboxylic acids is 3. The van der Waals surface area contributed by atoms with Gasteiger partial charge in [0.2, 0.25) is 0 Å². The fraction of sp³-hybridized carbons (Fsp3) is 0.238. The van der Waals surface area contributed by atoms with Crippen LogP contribution < -0.4 is 4.80 Å². The Bertz CT molecular complexity index is 1260. The van der Waals surface area contributed by atoms with Gasteiger partial charge in [-0.15, -0.1) is 0 Å². The predicted octanol–water partition coefficient (Wildman–Crippen LogP) is 3.81. The number of ether oxygens (including phenoxy) is 2. The number of esters is 2. The van der Waals surface area contributed by atoms with Crippen molar-refractivity contribution in [2.75, 3.05) is 13.7 Å². The molecular weight excluding hydrogens is 449 g/mol.